The second kappa shape index (κ2) is 5.27. The summed E-state index contributed by atoms with van der Waals surface area (Å²) in [7, 11) is 0. The Balaban J connectivity index is 1.72. The third-order valence-electron chi connectivity index (χ3n) is 8.46. The van der Waals surface area contributed by atoms with Crippen LogP contribution in [-0.2, 0) is 9.59 Å². The molecule has 0 aliphatic heterocycles. The van der Waals surface area contributed by atoms with Crippen LogP contribution >= 0.6 is 0 Å². The Morgan fingerprint density at radius 1 is 1.21 bits per heavy atom. The molecule has 0 unspecified atom stereocenters. The summed E-state index contributed by atoms with van der Waals surface area (Å²) in [6, 6.07) is 0.151. The van der Waals surface area contributed by atoms with E-state index in [9.17, 15) is 9.59 Å². The number of hydrogen-bond acceptors (Lipinski definition) is 3. The van der Waals surface area contributed by atoms with Gasteiger partial charge in [0.1, 0.15) is 5.78 Å². The lowest BCUT2D eigenvalue weighted by molar-refractivity contribution is -0.129. The minimum atomic E-state index is 0.0917. The SMILES string of the molecule is CC(=O)[C@H]1CC[C@H]2[C@@H]3CCC4=CC(=O)CC[C@]4(C)[C@H]3[C@@H](N)C[C@]12C. The Bertz CT molecular complexity index is 623. The average Bonchev–Trinajstić information content (AvgIpc) is 2.84. The van der Waals surface area contributed by atoms with Crippen molar-refractivity contribution in [1.82, 2.24) is 0 Å². The summed E-state index contributed by atoms with van der Waals surface area (Å²) in [5.74, 6) is 2.59. The van der Waals surface area contributed by atoms with E-state index in [-0.39, 0.29) is 22.8 Å². The molecule has 3 nitrogen and oxygen atoms in total. The second-order valence-corrected chi connectivity index (χ2v) is 9.50. The number of carbonyl (C=O) groups excluding carboxylic acids is 2. The van der Waals surface area contributed by atoms with Crippen LogP contribution in [0.4, 0.5) is 0 Å². The first-order valence-corrected chi connectivity index (χ1v) is 9.77. The van der Waals surface area contributed by atoms with Gasteiger partial charge in [0.2, 0.25) is 0 Å². The van der Waals surface area contributed by atoms with E-state index in [0.717, 1.165) is 32.1 Å². The van der Waals surface area contributed by atoms with Crippen molar-refractivity contribution in [2.45, 2.75) is 71.8 Å². The van der Waals surface area contributed by atoms with Crippen molar-refractivity contribution in [3.05, 3.63) is 11.6 Å². The Labute approximate surface area is 145 Å². The highest BCUT2D eigenvalue weighted by Crippen LogP contribution is 2.66. The van der Waals surface area contributed by atoms with E-state index < -0.39 is 0 Å². The Morgan fingerprint density at radius 3 is 2.67 bits per heavy atom. The number of allylic oxidation sites excluding steroid dienone is 1. The number of fused-ring (bicyclic) bond motifs is 5. The predicted octanol–water partition coefficient (Wildman–Crippen LogP) is 3.66. The monoisotopic (exact) mass is 329 g/mol. The molecule has 3 saturated carbocycles. The van der Waals surface area contributed by atoms with Crippen LogP contribution < -0.4 is 5.73 Å². The van der Waals surface area contributed by atoms with Gasteiger partial charge in [0, 0.05) is 18.4 Å². The van der Waals surface area contributed by atoms with Gasteiger partial charge in [-0.3, -0.25) is 9.59 Å². The van der Waals surface area contributed by atoms with E-state index in [1.54, 1.807) is 6.92 Å². The zero-order valence-electron chi connectivity index (χ0n) is 15.3. The maximum atomic E-state index is 12.2. The first-order valence-electron chi connectivity index (χ1n) is 9.77. The summed E-state index contributed by atoms with van der Waals surface area (Å²) in [6.07, 6.45) is 8.98. The molecule has 0 saturated heterocycles. The van der Waals surface area contributed by atoms with Crippen LogP contribution in [0.2, 0.25) is 0 Å². The maximum Gasteiger partial charge on any atom is 0.155 e. The van der Waals surface area contributed by atoms with Crippen molar-refractivity contribution >= 4 is 11.6 Å². The van der Waals surface area contributed by atoms with Crippen molar-refractivity contribution in [2.75, 3.05) is 0 Å². The van der Waals surface area contributed by atoms with Crippen LogP contribution in [0.15, 0.2) is 11.6 Å². The molecule has 0 heterocycles. The van der Waals surface area contributed by atoms with Crippen LogP contribution in [0.1, 0.15) is 65.7 Å². The summed E-state index contributed by atoms with van der Waals surface area (Å²) >= 11 is 0. The van der Waals surface area contributed by atoms with Gasteiger partial charge in [0.05, 0.1) is 0 Å². The molecule has 0 amide bonds. The van der Waals surface area contributed by atoms with E-state index in [2.05, 4.69) is 13.8 Å². The molecule has 0 aromatic rings. The smallest absolute Gasteiger partial charge is 0.155 e. The fourth-order valence-electron chi connectivity index (χ4n) is 7.49. The summed E-state index contributed by atoms with van der Waals surface area (Å²) in [5, 5.41) is 0. The fraction of sp³-hybridized carbons (Fsp3) is 0.810. The number of ketones is 2. The van der Waals surface area contributed by atoms with Gasteiger partial charge in [-0.1, -0.05) is 19.4 Å². The van der Waals surface area contributed by atoms with E-state index >= 15 is 0 Å². The molecule has 2 N–H and O–H groups in total. The molecular formula is C21H31NO2. The van der Waals surface area contributed by atoms with E-state index in [4.69, 9.17) is 5.73 Å². The largest absolute Gasteiger partial charge is 0.327 e. The van der Waals surface area contributed by atoms with Crippen LogP contribution in [0.5, 0.6) is 0 Å². The fourth-order valence-corrected chi connectivity index (χ4v) is 7.49. The Hall–Kier alpha value is -0.960. The van der Waals surface area contributed by atoms with Crippen molar-refractivity contribution in [1.29, 1.82) is 0 Å². The topological polar surface area (TPSA) is 60.2 Å². The third kappa shape index (κ3) is 2.06. The molecule has 0 radical (unpaired) electrons. The summed E-state index contributed by atoms with van der Waals surface area (Å²) in [5.41, 5.74) is 8.35. The zero-order valence-corrected chi connectivity index (χ0v) is 15.3. The quantitative estimate of drug-likeness (QED) is 0.798. The van der Waals surface area contributed by atoms with Crippen molar-refractivity contribution < 1.29 is 9.59 Å². The van der Waals surface area contributed by atoms with E-state index in [1.807, 2.05) is 6.08 Å². The summed E-state index contributed by atoms with van der Waals surface area (Å²) in [6.45, 7) is 6.47. The van der Waals surface area contributed by atoms with Gasteiger partial charge in [-0.2, -0.15) is 0 Å². The zero-order chi connectivity index (χ0) is 17.3. The lowest BCUT2D eigenvalue weighted by Gasteiger charge is -2.60. The van der Waals surface area contributed by atoms with E-state index in [0.29, 0.717) is 35.7 Å². The van der Waals surface area contributed by atoms with Crippen molar-refractivity contribution in [3.63, 3.8) is 0 Å². The first-order chi connectivity index (χ1) is 11.3. The van der Waals surface area contributed by atoms with Crippen molar-refractivity contribution in [2.24, 2.45) is 40.2 Å². The van der Waals surface area contributed by atoms with Gasteiger partial charge < -0.3 is 5.73 Å². The van der Waals surface area contributed by atoms with Crippen molar-refractivity contribution in [3.8, 4) is 0 Å². The molecule has 0 bridgehead atoms. The van der Waals surface area contributed by atoms with Crippen LogP contribution in [0, 0.1) is 34.5 Å². The highest BCUT2D eigenvalue weighted by Gasteiger charge is 2.62. The normalized spacial score (nSPS) is 50.6. The molecule has 3 fully saturated rings. The van der Waals surface area contributed by atoms with Gasteiger partial charge in [-0.15, -0.1) is 0 Å². The highest BCUT2D eigenvalue weighted by atomic mass is 16.1. The van der Waals surface area contributed by atoms with Gasteiger partial charge in [0.25, 0.3) is 0 Å². The number of rotatable bonds is 1. The lowest BCUT2D eigenvalue weighted by Crippen LogP contribution is -2.59. The van der Waals surface area contributed by atoms with Gasteiger partial charge >= 0.3 is 0 Å². The molecule has 4 rings (SSSR count). The minimum Gasteiger partial charge on any atom is -0.327 e. The van der Waals surface area contributed by atoms with E-state index in [1.165, 1.54) is 12.0 Å². The Morgan fingerprint density at radius 2 is 1.96 bits per heavy atom. The molecule has 0 aromatic heterocycles. The predicted molar refractivity (Wildman–Crippen MR) is 94.2 cm³/mol. The Kier molecular flexibility index (Phi) is 3.62. The molecular weight excluding hydrogens is 298 g/mol. The lowest BCUT2D eigenvalue weighted by atomic mass is 9.45. The summed E-state index contributed by atoms with van der Waals surface area (Å²) < 4.78 is 0. The third-order valence-corrected chi connectivity index (χ3v) is 8.46. The maximum absolute atomic E-state index is 12.2. The van der Waals surface area contributed by atoms with Crippen LogP contribution in [0.3, 0.4) is 0 Å². The average molecular weight is 329 g/mol. The van der Waals surface area contributed by atoms with Crippen LogP contribution in [-0.4, -0.2) is 17.6 Å². The molecule has 0 spiro atoms. The molecule has 4 aliphatic rings. The van der Waals surface area contributed by atoms with Gasteiger partial charge in [0.15, 0.2) is 5.78 Å². The molecule has 7 atom stereocenters. The number of nitrogens with two attached hydrogens (primary N) is 1. The standard InChI is InChI=1S/C21H31NO2/c1-12(23)16-6-7-17-15-5-4-13-10-14(24)8-9-20(13,2)19(15)18(22)11-21(16,17)3/h10,15-19H,4-9,11,22H2,1-3H3/t15-,16+,17-,18-,19+,20-,21+/m0/s1. The first kappa shape index (κ1) is 16.5. The minimum absolute atomic E-state index is 0.0917. The van der Waals surface area contributed by atoms with Gasteiger partial charge in [-0.05, 0) is 80.1 Å². The number of hydrogen-bond donors (Lipinski definition) is 1. The molecule has 4 aliphatic carbocycles. The summed E-state index contributed by atoms with van der Waals surface area (Å²) in [4.78, 5) is 24.1. The molecule has 3 heteroatoms. The number of Topliss-reactive ketones (excluding diaryl/α,β-unsaturated/α-hetero) is 1. The molecule has 24 heavy (non-hydrogen) atoms. The van der Waals surface area contributed by atoms with Gasteiger partial charge in [-0.25, -0.2) is 0 Å². The van der Waals surface area contributed by atoms with Crippen LogP contribution in [0.25, 0.3) is 0 Å². The highest BCUT2D eigenvalue weighted by molar-refractivity contribution is 5.91. The molecule has 132 valence electrons. The second-order valence-electron chi connectivity index (χ2n) is 9.50. The number of carbonyl (C=O) groups is 2. The molecule has 0 aromatic carbocycles.